The van der Waals surface area contributed by atoms with Gasteiger partial charge in [0.05, 0.1) is 10.9 Å². The van der Waals surface area contributed by atoms with Gasteiger partial charge in [-0.1, -0.05) is 42.5 Å². The number of nitrogens with one attached hydrogen (secondary N) is 2. The van der Waals surface area contributed by atoms with Gasteiger partial charge in [-0.15, -0.1) is 0 Å². The molecule has 2 N–H and O–H groups in total. The second-order valence-corrected chi connectivity index (χ2v) is 6.43. The van der Waals surface area contributed by atoms with Gasteiger partial charge in [-0.05, 0) is 30.0 Å². The number of fused-ring (bicyclic) bond motifs is 1. The fraction of sp³-hybridized carbons (Fsp3) is 0.250. The average Bonchev–Trinajstić information content (AvgIpc) is 3.43. The highest BCUT2D eigenvalue weighted by molar-refractivity contribution is 5.82. The van der Waals surface area contributed by atoms with E-state index < -0.39 is 0 Å². The van der Waals surface area contributed by atoms with E-state index in [9.17, 15) is 9.59 Å². The molecule has 25 heavy (non-hydrogen) atoms. The van der Waals surface area contributed by atoms with E-state index in [1.54, 1.807) is 6.07 Å². The van der Waals surface area contributed by atoms with Gasteiger partial charge in [0.2, 0.25) is 5.91 Å². The molecule has 0 aliphatic heterocycles. The molecule has 1 amide bonds. The summed E-state index contributed by atoms with van der Waals surface area (Å²) >= 11 is 0. The van der Waals surface area contributed by atoms with Gasteiger partial charge >= 0.3 is 0 Å². The maximum Gasteiger partial charge on any atom is 0.258 e. The maximum absolute atomic E-state index is 12.3. The number of nitrogens with zero attached hydrogens (tertiary/aromatic N) is 1. The highest BCUT2D eigenvalue weighted by Crippen LogP contribution is 2.47. The third kappa shape index (κ3) is 3.31. The molecule has 1 saturated carbocycles. The van der Waals surface area contributed by atoms with Crippen molar-refractivity contribution in [3.63, 3.8) is 0 Å². The van der Waals surface area contributed by atoms with E-state index >= 15 is 0 Å². The predicted octanol–water partition coefficient (Wildman–Crippen LogP) is 2.39. The number of aromatic nitrogens is 2. The maximum atomic E-state index is 12.3. The highest BCUT2D eigenvalue weighted by atomic mass is 16.2. The summed E-state index contributed by atoms with van der Waals surface area (Å²) in [6.07, 6.45) is 1.41. The predicted molar refractivity (Wildman–Crippen MR) is 96.4 cm³/mol. The zero-order chi connectivity index (χ0) is 17.2. The summed E-state index contributed by atoms with van der Waals surface area (Å²) in [5.41, 5.74) is 1.76. The minimum absolute atomic E-state index is 0.0611. The van der Waals surface area contributed by atoms with Gasteiger partial charge < -0.3 is 10.3 Å². The van der Waals surface area contributed by atoms with Crippen LogP contribution < -0.4 is 10.9 Å². The lowest BCUT2D eigenvalue weighted by Crippen LogP contribution is -2.28. The molecule has 1 fully saturated rings. The number of para-hydroxylation sites is 1. The standard InChI is InChI=1S/C20H19N3O2/c24-19(16-12-15(16)13-6-2-1-3-7-13)21-11-10-18-22-17-9-5-4-8-14(17)20(25)23-18/h1-9,15-16H,10-12H2,(H,21,24)(H,22,23,25)/t15-,16+/m0/s1. The van der Waals surface area contributed by atoms with E-state index in [0.717, 1.165) is 6.42 Å². The normalized spacial score (nSPS) is 18.9. The van der Waals surface area contributed by atoms with Crippen LogP contribution in [0.4, 0.5) is 0 Å². The summed E-state index contributed by atoms with van der Waals surface area (Å²) in [5, 5.41) is 3.54. The molecule has 5 heteroatoms. The van der Waals surface area contributed by atoms with Crippen LogP contribution in [0.3, 0.4) is 0 Å². The summed E-state index contributed by atoms with van der Waals surface area (Å²) in [6, 6.07) is 17.4. The Labute approximate surface area is 145 Å². The topological polar surface area (TPSA) is 74.8 Å². The lowest BCUT2D eigenvalue weighted by molar-refractivity contribution is -0.122. The van der Waals surface area contributed by atoms with Gasteiger partial charge in [0.15, 0.2) is 0 Å². The Morgan fingerprint density at radius 2 is 1.88 bits per heavy atom. The van der Waals surface area contributed by atoms with Crippen LogP contribution in [0, 0.1) is 5.92 Å². The number of hydrogen-bond acceptors (Lipinski definition) is 3. The molecule has 0 radical (unpaired) electrons. The summed E-state index contributed by atoms with van der Waals surface area (Å²) < 4.78 is 0. The molecule has 0 bridgehead atoms. The van der Waals surface area contributed by atoms with Gasteiger partial charge in [0.25, 0.3) is 5.56 Å². The van der Waals surface area contributed by atoms with Gasteiger partial charge in [0.1, 0.15) is 5.82 Å². The largest absolute Gasteiger partial charge is 0.355 e. The van der Waals surface area contributed by atoms with E-state index in [1.807, 2.05) is 36.4 Å². The monoisotopic (exact) mass is 333 g/mol. The quantitative estimate of drug-likeness (QED) is 0.753. The summed E-state index contributed by atoms with van der Waals surface area (Å²) in [4.78, 5) is 31.5. The van der Waals surface area contributed by atoms with Crippen LogP contribution in [0.5, 0.6) is 0 Å². The molecule has 1 aliphatic carbocycles. The van der Waals surface area contributed by atoms with Gasteiger partial charge in [0, 0.05) is 18.9 Å². The molecule has 3 aromatic rings. The number of hydrogen-bond donors (Lipinski definition) is 2. The Balaban J connectivity index is 1.34. The van der Waals surface area contributed by atoms with Crippen LogP contribution in [0.25, 0.3) is 10.9 Å². The van der Waals surface area contributed by atoms with E-state index in [-0.39, 0.29) is 17.4 Å². The SMILES string of the molecule is O=C(NCCc1nc2ccccc2c(=O)[nH]1)[C@@H]1C[C@H]1c1ccccc1. The second-order valence-electron chi connectivity index (χ2n) is 6.43. The lowest BCUT2D eigenvalue weighted by Gasteiger charge is -2.06. The molecule has 0 unspecified atom stereocenters. The Bertz CT molecular complexity index is 965. The van der Waals surface area contributed by atoms with Crippen LogP contribution in [0.2, 0.25) is 0 Å². The van der Waals surface area contributed by atoms with Crippen molar-refractivity contribution < 1.29 is 4.79 Å². The first-order valence-corrected chi connectivity index (χ1v) is 8.53. The fourth-order valence-corrected chi connectivity index (χ4v) is 3.24. The molecule has 0 saturated heterocycles. The molecular weight excluding hydrogens is 314 g/mol. The number of amides is 1. The molecule has 1 heterocycles. The Morgan fingerprint density at radius 3 is 2.72 bits per heavy atom. The van der Waals surface area contributed by atoms with Crippen molar-refractivity contribution in [1.29, 1.82) is 0 Å². The third-order valence-electron chi connectivity index (χ3n) is 4.68. The second kappa shape index (κ2) is 6.51. The Hall–Kier alpha value is -2.95. The van der Waals surface area contributed by atoms with Crippen LogP contribution in [0.1, 0.15) is 23.7 Å². The molecule has 2 atom stereocenters. The Kier molecular flexibility index (Phi) is 4.06. The lowest BCUT2D eigenvalue weighted by atomic mass is 10.1. The van der Waals surface area contributed by atoms with Crippen molar-refractivity contribution >= 4 is 16.8 Å². The summed E-state index contributed by atoms with van der Waals surface area (Å²) in [7, 11) is 0. The van der Waals surface area contributed by atoms with Crippen molar-refractivity contribution in [1.82, 2.24) is 15.3 Å². The molecule has 0 spiro atoms. The van der Waals surface area contributed by atoms with Crippen LogP contribution in [-0.2, 0) is 11.2 Å². The van der Waals surface area contributed by atoms with Crippen LogP contribution in [-0.4, -0.2) is 22.4 Å². The van der Waals surface area contributed by atoms with Crippen molar-refractivity contribution in [2.24, 2.45) is 5.92 Å². The molecular formula is C20H19N3O2. The molecule has 1 aromatic heterocycles. The Morgan fingerprint density at radius 1 is 1.12 bits per heavy atom. The number of benzene rings is 2. The number of aromatic amines is 1. The number of rotatable bonds is 5. The van der Waals surface area contributed by atoms with Gasteiger partial charge in [-0.3, -0.25) is 9.59 Å². The van der Waals surface area contributed by atoms with Gasteiger partial charge in [-0.2, -0.15) is 0 Å². The zero-order valence-corrected chi connectivity index (χ0v) is 13.7. The van der Waals surface area contributed by atoms with Crippen LogP contribution >= 0.6 is 0 Å². The van der Waals surface area contributed by atoms with Crippen LogP contribution in [0.15, 0.2) is 59.4 Å². The number of H-pyrrole nitrogens is 1. The summed E-state index contributed by atoms with van der Waals surface area (Å²) in [5.74, 6) is 1.07. The first-order chi connectivity index (χ1) is 12.2. The van der Waals surface area contributed by atoms with Crippen molar-refractivity contribution in [2.75, 3.05) is 6.54 Å². The minimum Gasteiger partial charge on any atom is -0.355 e. The first kappa shape index (κ1) is 15.6. The van der Waals surface area contributed by atoms with Gasteiger partial charge in [-0.25, -0.2) is 4.98 Å². The smallest absolute Gasteiger partial charge is 0.258 e. The molecule has 126 valence electrons. The molecule has 2 aromatic carbocycles. The van der Waals surface area contributed by atoms with Crippen molar-refractivity contribution in [3.05, 3.63) is 76.3 Å². The van der Waals surface area contributed by atoms with E-state index in [1.165, 1.54) is 5.56 Å². The van der Waals surface area contributed by atoms with E-state index in [4.69, 9.17) is 0 Å². The number of carbonyl (C=O) groups excluding carboxylic acids is 1. The fourth-order valence-electron chi connectivity index (χ4n) is 3.24. The average molecular weight is 333 g/mol. The first-order valence-electron chi connectivity index (χ1n) is 8.53. The third-order valence-corrected chi connectivity index (χ3v) is 4.68. The zero-order valence-electron chi connectivity index (χ0n) is 13.7. The molecule has 5 nitrogen and oxygen atoms in total. The van der Waals surface area contributed by atoms with E-state index in [2.05, 4.69) is 27.4 Å². The molecule has 4 rings (SSSR count). The van der Waals surface area contributed by atoms with Crippen molar-refractivity contribution in [3.8, 4) is 0 Å². The van der Waals surface area contributed by atoms with E-state index in [0.29, 0.717) is 35.6 Å². The summed E-state index contributed by atoms with van der Waals surface area (Å²) in [6.45, 7) is 0.470. The highest BCUT2D eigenvalue weighted by Gasteiger charge is 2.43. The molecule has 1 aliphatic rings. The number of carbonyl (C=O) groups is 1. The van der Waals surface area contributed by atoms with Crippen molar-refractivity contribution in [2.45, 2.75) is 18.8 Å². The minimum atomic E-state index is -0.140.